The van der Waals surface area contributed by atoms with Crippen molar-refractivity contribution < 1.29 is 13.3 Å². The minimum absolute atomic E-state index is 0.312. The van der Waals surface area contributed by atoms with Gasteiger partial charge in [-0.3, -0.25) is 0 Å². The quantitative estimate of drug-likeness (QED) is 0.0764. The zero-order valence-corrected chi connectivity index (χ0v) is 20.5. The molecule has 0 radical (unpaired) electrons. The van der Waals surface area contributed by atoms with Crippen molar-refractivity contribution in [3.63, 3.8) is 0 Å². The van der Waals surface area contributed by atoms with Crippen LogP contribution in [0.1, 0.15) is 96.8 Å². The first kappa shape index (κ1) is 27.1. The van der Waals surface area contributed by atoms with Crippen molar-refractivity contribution in [1.29, 1.82) is 0 Å². The van der Waals surface area contributed by atoms with E-state index in [-0.39, 0.29) is 0 Å². The van der Waals surface area contributed by atoms with Crippen LogP contribution in [0.3, 0.4) is 0 Å². The summed E-state index contributed by atoms with van der Waals surface area (Å²) in [6, 6.07) is 0.826. The Labute approximate surface area is 180 Å². The lowest BCUT2D eigenvalue weighted by Crippen LogP contribution is -2.45. The third-order valence-corrected chi connectivity index (χ3v) is 8.52. The topological polar surface area (TPSA) is 27.7 Å². The van der Waals surface area contributed by atoms with Gasteiger partial charge in [0.15, 0.2) is 0 Å². The Hall–Kier alpha value is 1.15. The molecule has 0 atom stereocenters. The summed E-state index contributed by atoms with van der Waals surface area (Å²) in [5, 5.41) is 0. The second kappa shape index (κ2) is 20.9. The molecule has 7 heteroatoms. The van der Waals surface area contributed by atoms with Crippen LogP contribution in [0.15, 0.2) is 0 Å². The van der Waals surface area contributed by atoms with Crippen LogP contribution >= 0.6 is 37.9 Å². The summed E-state index contributed by atoms with van der Waals surface area (Å²) in [7, 11) is -2.63. The van der Waals surface area contributed by atoms with Gasteiger partial charge in [-0.1, -0.05) is 90.4 Å². The molecule has 0 heterocycles. The second-order valence-electron chi connectivity index (χ2n) is 6.85. The smallest absolute Gasteiger partial charge is 0.364 e. The predicted molar refractivity (Wildman–Crippen MR) is 126 cm³/mol. The normalized spacial score (nSPS) is 12.0. The van der Waals surface area contributed by atoms with Gasteiger partial charge < -0.3 is 13.3 Å². The van der Waals surface area contributed by atoms with Crippen LogP contribution in [0.2, 0.25) is 6.04 Å². The van der Waals surface area contributed by atoms with Gasteiger partial charge in [0.05, 0.1) is 17.8 Å². The van der Waals surface area contributed by atoms with Gasteiger partial charge in [-0.25, -0.2) is 0 Å². The maximum atomic E-state index is 5.68. The average Bonchev–Trinajstić information content (AvgIpc) is 2.63. The summed E-state index contributed by atoms with van der Waals surface area (Å²) in [4.78, 5) is 0. The molecule has 3 nitrogen and oxygen atoms in total. The molecule has 158 valence electrons. The van der Waals surface area contributed by atoms with Crippen molar-refractivity contribution in [2.24, 2.45) is 0 Å². The minimum atomic E-state index is -2.63. The van der Waals surface area contributed by atoms with E-state index in [1.54, 1.807) is 0 Å². The summed E-state index contributed by atoms with van der Waals surface area (Å²) < 4.78 is 17.1. The standard InChI is InChI=1S/C19H42O3S3Si/c1-2-3-4-5-6-7-8-9-10-11-12-13-14-15-16-26(20-17-23,21-18-24)22-19-25/h23-25H,2-19H2,1H3. The lowest BCUT2D eigenvalue weighted by molar-refractivity contribution is 0.107. The van der Waals surface area contributed by atoms with E-state index in [9.17, 15) is 0 Å². The summed E-state index contributed by atoms with van der Waals surface area (Å²) >= 11 is 12.4. The molecular formula is C19H42O3S3Si. The van der Waals surface area contributed by atoms with Crippen molar-refractivity contribution in [1.82, 2.24) is 0 Å². The first-order chi connectivity index (χ1) is 12.7. The van der Waals surface area contributed by atoms with E-state index in [1.165, 1.54) is 83.5 Å². The van der Waals surface area contributed by atoms with Crippen LogP contribution in [0.25, 0.3) is 0 Å². The zero-order chi connectivity index (χ0) is 19.3. The molecule has 0 N–H and O–H groups in total. The average molecular weight is 443 g/mol. The lowest BCUT2D eigenvalue weighted by Gasteiger charge is -2.27. The van der Waals surface area contributed by atoms with Gasteiger partial charge in [0.2, 0.25) is 0 Å². The Morgan fingerprint density at radius 3 is 1.12 bits per heavy atom. The molecule has 0 bridgehead atoms. The Bertz CT molecular complexity index is 270. The van der Waals surface area contributed by atoms with E-state index in [4.69, 9.17) is 13.3 Å². The fourth-order valence-corrected chi connectivity index (χ4v) is 6.90. The highest BCUT2D eigenvalue weighted by molar-refractivity contribution is 7.80. The molecular weight excluding hydrogens is 400 g/mol. The molecule has 0 aliphatic heterocycles. The molecule has 0 fully saturated rings. The number of unbranched alkanes of at least 4 members (excludes halogenated alkanes) is 13. The van der Waals surface area contributed by atoms with Crippen LogP contribution < -0.4 is 0 Å². The first-order valence-electron chi connectivity index (χ1n) is 10.5. The Balaban J connectivity index is 3.52. The molecule has 0 amide bonds. The van der Waals surface area contributed by atoms with Gasteiger partial charge in [-0.2, -0.15) is 37.9 Å². The van der Waals surface area contributed by atoms with E-state index in [1.807, 2.05) is 0 Å². The van der Waals surface area contributed by atoms with E-state index in [0.29, 0.717) is 17.8 Å². The first-order valence-corrected chi connectivity index (χ1v) is 14.3. The number of hydrogen-bond acceptors (Lipinski definition) is 6. The maximum Gasteiger partial charge on any atom is 0.502 e. The van der Waals surface area contributed by atoms with Crippen molar-refractivity contribution in [2.75, 3.05) is 17.8 Å². The molecule has 0 unspecified atom stereocenters. The number of thiol groups is 3. The Morgan fingerprint density at radius 1 is 0.500 bits per heavy atom. The number of rotatable bonds is 21. The molecule has 0 saturated heterocycles. The van der Waals surface area contributed by atoms with Crippen LogP contribution in [0.4, 0.5) is 0 Å². The van der Waals surface area contributed by atoms with Crippen molar-refractivity contribution in [3.05, 3.63) is 0 Å². The highest BCUT2D eigenvalue weighted by Gasteiger charge is 2.39. The molecule has 0 aromatic carbocycles. The molecule has 0 aromatic rings. The number of hydrogen-bond donors (Lipinski definition) is 3. The monoisotopic (exact) mass is 442 g/mol. The fraction of sp³-hybridized carbons (Fsp3) is 1.00. The summed E-state index contributed by atoms with van der Waals surface area (Å²) in [5.41, 5.74) is 0. The third kappa shape index (κ3) is 16.1. The summed E-state index contributed by atoms with van der Waals surface area (Å²) in [5.74, 6) is 0.936. The predicted octanol–water partition coefficient (Wildman–Crippen LogP) is 7.12. The van der Waals surface area contributed by atoms with Gasteiger partial charge in [0.1, 0.15) is 0 Å². The molecule has 0 spiro atoms. The van der Waals surface area contributed by atoms with E-state index in [2.05, 4.69) is 44.8 Å². The van der Waals surface area contributed by atoms with E-state index < -0.39 is 8.80 Å². The molecule has 0 saturated carbocycles. The maximum absolute atomic E-state index is 5.68. The molecule has 26 heavy (non-hydrogen) atoms. The van der Waals surface area contributed by atoms with Crippen molar-refractivity contribution >= 4 is 46.7 Å². The van der Waals surface area contributed by atoms with E-state index >= 15 is 0 Å². The van der Waals surface area contributed by atoms with Gasteiger partial charge >= 0.3 is 8.80 Å². The minimum Gasteiger partial charge on any atom is -0.364 e. The van der Waals surface area contributed by atoms with Gasteiger partial charge in [0, 0.05) is 6.04 Å². The highest BCUT2D eigenvalue weighted by atomic mass is 32.1. The summed E-state index contributed by atoms with van der Waals surface area (Å²) in [6.45, 7) is 2.28. The van der Waals surface area contributed by atoms with Gasteiger partial charge in [-0.15, -0.1) is 0 Å². The molecule has 0 aliphatic carbocycles. The van der Waals surface area contributed by atoms with Crippen molar-refractivity contribution in [3.8, 4) is 0 Å². The van der Waals surface area contributed by atoms with Crippen LogP contribution in [0.5, 0.6) is 0 Å². The Kier molecular flexibility index (Phi) is 21.8. The third-order valence-electron chi connectivity index (χ3n) is 4.69. The van der Waals surface area contributed by atoms with Crippen LogP contribution in [0, 0.1) is 0 Å². The van der Waals surface area contributed by atoms with Crippen LogP contribution in [-0.4, -0.2) is 26.6 Å². The van der Waals surface area contributed by atoms with Gasteiger partial charge in [0.25, 0.3) is 0 Å². The lowest BCUT2D eigenvalue weighted by atomic mass is 10.0. The zero-order valence-electron chi connectivity index (χ0n) is 16.8. The highest BCUT2D eigenvalue weighted by Crippen LogP contribution is 2.22. The SMILES string of the molecule is CCCCCCCCCCCCCCCC[Si](OCS)(OCS)OCS. The second-order valence-corrected chi connectivity index (χ2v) is 10.4. The van der Waals surface area contributed by atoms with Gasteiger partial charge in [-0.05, 0) is 6.42 Å². The fourth-order valence-electron chi connectivity index (χ4n) is 3.17. The largest absolute Gasteiger partial charge is 0.502 e. The molecule has 0 aromatic heterocycles. The molecule has 0 rings (SSSR count). The van der Waals surface area contributed by atoms with Crippen molar-refractivity contribution in [2.45, 2.75) is 103 Å². The summed E-state index contributed by atoms with van der Waals surface area (Å²) in [6.07, 6.45) is 18.9. The van der Waals surface area contributed by atoms with Crippen LogP contribution in [-0.2, 0) is 13.3 Å². The van der Waals surface area contributed by atoms with E-state index in [0.717, 1.165) is 12.5 Å². The molecule has 0 aliphatic rings. The Morgan fingerprint density at radius 2 is 0.808 bits per heavy atom.